The largest absolute Gasteiger partial charge is 0.462 e. The van der Waals surface area contributed by atoms with Gasteiger partial charge in [-0.1, -0.05) is 52.0 Å². The molecule has 25 heavy (non-hydrogen) atoms. The van der Waals surface area contributed by atoms with Crippen LogP contribution >= 0.6 is 23.1 Å². The standard InChI is InChI=1S/C20H23NO2S2/c1-6-23-18(22)17-16(15(12-21)19(25-17)24-7-2)13-8-10-14(11-9-13)20(3,4)5/h8-11H,6-7H2,1-5H3. The van der Waals surface area contributed by atoms with Crippen LogP contribution in [-0.4, -0.2) is 18.3 Å². The predicted octanol–water partition coefficient (Wildman–Crippen LogP) is 5.87. The van der Waals surface area contributed by atoms with E-state index in [4.69, 9.17) is 4.74 Å². The maximum Gasteiger partial charge on any atom is 0.349 e. The number of esters is 1. The number of carbonyl (C=O) groups is 1. The van der Waals surface area contributed by atoms with Gasteiger partial charge in [0.2, 0.25) is 0 Å². The molecule has 0 spiro atoms. The third-order valence-corrected chi connectivity index (χ3v) is 6.09. The first-order valence-corrected chi connectivity index (χ1v) is 10.1. The number of hydrogen-bond acceptors (Lipinski definition) is 5. The maximum atomic E-state index is 12.4. The first-order chi connectivity index (χ1) is 11.8. The number of rotatable bonds is 5. The number of ether oxygens (including phenoxy) is 1. The zero-order valence-corrected chi connectivity index (χ0v) is 16.9. The Morgan fingerprint density at radius 3 is 2.36 bits per heavy atom. The summed E-state index contributed by atoms with van der Waals surface area (Å²) < 4.78 is 6.09. The topological polar surface area (TPSA) is 50.1 Å². The Balaban J connectivity index is 2.61. The molecule has 1 aromatic heterocycles. The van der Waals surface area contributed by atoms with Crippen molar-refractivity contribution in [3.8, 4) is 17.2 Å². The van der Waals surface area contributed by atoms with E-state index in [9.17, 15) is 10.1 Å². The van der Waals surface area contributed by atoms with Crippen molar-refractivity contribution in [1.82, 2.24) is 0 Å². The highest BCUT2D eigenvalue weighted by molar-refractivity contribution is 8.01. The SMILES string of the molecule is CCOC(=O)c1sc(SCC)c(C#N)c1-c1ccc(C(C)(C)C)cc1. The van der Waals surface area contributed by atoms with Crippen molar-refractivity contribution in [1.29, 1.82) is 5.26 Å². The lowest BCUT2D eigenvalue weighted by atomic mass is 9.86. The molecule has 0 saturated carbocycles. The maximum absolute atomic E-state index is 12.4. The summed E-state index contributed by atoms with van der Waals surface area (Å²) in [7, 11) is 0. The molecule has 3 nitrogen and oxygen atoms in total. The summed E-state index contributed by atoms with van der Waals surface area (Å²) in [6, 6.07) is 10.4. The zero-order valence-electron chi connectivity index (χ0n) is 15.3. The Hall–Kier alpha value is -1.77. The van der Waals surface area contributed by atoms with Gasteiger partial charge in [0, 0.05) is 5.56 Å². The Morgan fingerprint density at radius 1 is 1.24 bits per heavy atom. The minimum atomic E-state index is -0.359. The molecular formula is C20H23NO2S2. The van der Waals surface area contributed by atoms with Gasteiger partial charge in [0.05, 0.1) is 16.4 Å². The molecule has 2 aromatic rings. The molecular weight excluding hydrogens is 350 g/mol. The fourth-order valence-corrected chi connectivity index (χ4v) is 4.79. The second-order valence-electron chi connectivity index (χ2n) is 6.56. The number of benzene rings is 1. The number of thioether (sulfide) groups is 1. The number of carbonyl (C=O) groups excluding carboxylic acids is 1. The van der Waals surface area contributed by atoms with E-state index in [-0.39, 0.29) is 11.4 Å². The molecule has 132 valence electrons. The fraction of sp³-hybridized carbons (Fsp3) is 0.400. The average molecular weight is 374 g/mol. The van der Waals surface area contributed by atoms with Gasteiger partial charge in [-0.05, 0) is 29.2 Å². The second-order valence-corrected chi connectivity index (χ2v) is 9.11. The van der Waals surface area contributed by atoms with Crippen molar-refractivity contribution in [2.24, 2.45) is 0 Å². The van der Waals surface area contributed by atoms with Gasteiger partial charge in [-0.15, -0.1) is 23.1 Å². The lowest BCUT2D eigenvalue weighted by Crippen LogP contribution is -2.10. The second kappa shape index (κ2) is 8.07. The van der Waals surface area contributed by atoms with Crippen LogP contribution in [0.1, 0.15) is 55.4 Å². The van der Waals surface area contributed by atoms with E-state index in [0.717, 1.165) is 15.5 Å². The molecule has 0 fully saturated rings. The van der Waals surface area contributed by atoms with E-state index in [1.165, 1.54) is 16.9 Å². The van der Waals surface area contributed by atoms with E-state index < -0.39 is 0 Å². The first kappa shape index (κ1) is 19.6. The summed E-state index contributed by atoms with van der Waals surface area (Å²) in [6.45, 7) is 10.6. The summed E-state index contributed by atoms with van der Waals surface area (Å²) in [6.07, 6.45) is 0. The number of nitrogens with zero attached hydrogens (tertiary/aromatic N) is 1. The lowest BCUT2D eigenvalue weighted by molar-refractivity contribution is 0.0533. The highest BCUT2D eigenvalue weighted by Gasteiger charge is 2.25. The molecule has 0 amide bonds. The summed E-state index contributed by atoms with van der Waals surface area (Å²) in [5, 5.41) is 9.69. The van der Waals surface area contributed by atoms with Gasteiger partial charge in [-0.25, -0.2) is 4.79 Å². The number of nitriles is 1. The molecule has 0 N–H and O–H groups in total. The smallest absolute Gasteiger partial charge is 0.349 e. The Labute approximate surface area is 158 Å². The predicted molar refractivity (Wildman–Crippen MR) is 106 cm³/mol. The van der Waals surface area contributed by atoms with Gasteiger partial charge < -0.3 is 4.74 Å². The van der Waals surface area contributed by atoms with Gasteiger partial charge in [0.25, 0.3) is 0 Å². The molecule has 0 saturated heterocycles. The van der Waals surface area contributed by atoms with Gasteiger partial charge >= 0.3 is 5.97 Å². The number of thiophene rings is 1. The van der Waals surface area contributed by atoms with Crippen LogP contribution < -0.4 is 0 Å². The summed E-state index contributed by atoms with van der Waals surface area (Å²) in [4.78, 5) is 12.9. The van der Waals surface area contributed by atoms with Crippen molar-refractivity contribution in [3.63, 3.8) is 0 Å². The third-order valence-electron chi connectivity index (χ3n) is 3.76. The first-order valence-electron chi connectivity index (χ1n) is 8.31. The van der Waals surface area contributed by atoms with Gasteiger partial charge in [0.15, 0.2) is 0 Å². The van der Waals surface area contributed by atoms with E-state index in [2.05, 4.69) is 39.0 Å². The molecule has 0 aliphatic carbocycles. The number of hydrogen-bond donors (Lipinski definition) is 0. The van der Waals surface area contributed by atoms with Crippen LogP contribution in [0.4, 0.5) is 0 Å². The Morgan fingerprint density at radius 2 is 1.88 bits per heavy atom. The van der Waals surface area contributed by atoms with Crippen molar-refractivity contribution in [3.05, 3.63) is 40.3 Å². The molecule has 5 heteroatoms. The van der Waals surface area contributed by atoms with Crippen LogP contribution in [0.25, 0.3) is 11.1 Å². The molecule has 0 aliphatic rings. The van der Waals surface area contributed by atoms with E-state index >= 15 is 0 Å². The third kappa shape index (κ3) is 4.26. The van der Waals surface area contributed by atoms with E-state index in [1.807, 2.05) is 19.1 Å². The van der Waals surface area contributed by atoms with Crippen molar-refractivity contribution in [2.75, 3.05) is 12.4 Å². The van der Waals surface area contributed by atoms with Crippen molar-refractivity contribution >= 4 is 29.1 Å². The molecule has 2 rings (SSSR count). The van der Waals surface area contributed by atoms with Crippen molar-refractivity contribution in [2.45, 2.75) is 44.2 Å². The summed E-state index contributed by atoms with van der Waals surface area (Å²) in [5.41, 5.74) is 3.42. The molecule has 1 heterocycles. The average Bonchev–Trinajstić information content (AvgIpc) is 2.93. The molecule has 0 aliphatic heterocycles. The quantitative estimate of drug-likeness (QED) is 0.485. The Bertz CT molecular complexity index is 793. The van der Waals surface area contributed by atoms with Crippen LogP contribution in [0, 0.1) is 11.3 Å². The van der Waals surface area contributed by atoms with Crippen LogP contribution in [0.5, 0.6) is 0 Å². The van der Waals surface area contributed by atoms with Crippen molar-refractivity contribution < 1.29 is 9.53 Å². The molecule has 0 radical (unpaired) electrons. The minimum Gasteiger partial charge on any atom is -0.462 e. The molecule has 0 atom stereocenters. The molecule has 1 aromatic carbocycles. The molecule has 0 unspecified atom stereocenters. The van der Waals surface area contributed by atoms with E-state index in [1.54, 1.807) is 18.7 Å². The van der Waals surface area contributed by atoms with Crippen LogP contribution in [0.15, 0.2) is 28.5 Å². The summed E-state index contributed by atoms with van der Waals surface area (Å²) in [5.74, 6) is 0.488. The van der Waals surface area contributed by atoms with Crippen LogP contribution in [-0.2, 0) is 10.2 Å². The fourth-order valence-electron chi connectivity index (χ4n) is 2.50. The van der Waals surface area contributed by atoms with Gasteiger partial charge in [0.1, 0.15) is 10.9 Å². The van der Waals surface area contributed by atoms with Crippen LogP contribution in [0.2, 0.25) is 0 Å². The zero-order chi connectivity index (χ0) is 18.6. The highest BCUT2D eigenvalue weighted by Crippen LogP contribution is 2.42. The minimum absolute atomic E-state index is 0.0540. The van der Waals surface area contributed by atoms with Gasteiger partial charge in [-0.2, -0.15) is 5.26 Å². The lowest BCUT2D eigenvalue weighted by Gasteiger charge is -2.19. The van der Waals surface area contributed by atoms with Gasteiger partial charge in [-0.3, -0.25) is 0 Å². The highest BCUT2D eigenvalue weighted by atomic mass is 32.2. The normalized spacial score (nSPS) is 11.2. The van der Waals surface area contributed by atoms with Crippen LogP contribution in [0.3, 0.4) is 0 Å². The van der Waals surface area contributed by atoms with E-state index in [0.29, 0.717) is 22.6 Å². The molecule has 0 bridgehead atoms. The summed E-state index contributed by atoms with van der Waals surface area (Å²) >= 11 is 2.94. The monoisotopic (exact) mass is 373 g/mol. The Kier molecular flexibility index (Phi) is 6.31.